The zero-order valence-electron chi connectivity index (χ0n) is 22.2. The predicted octanol–water partition coefficient (Wildman–Crippen LogP) is 4.20. The lowest BCUT2D eigenvalue weighted by molar-refractivity contribution is -0.154. The summed E-state index contributed by atoms with van der Waals surface area (Å²) in [5.41, 5.74) is 1.85. The van der Waals surface area contributed by atoms with Crippen LogP contribution in [0.1, 0.15) is 38.8 Å². The summed E-state index contributed by atoms with van der Waals surface area (Å²) in [6.45, 7) is 6.90. The third-order valence-electron chi connectivity index (χ3n) is 5.84. The van der Waals surface area contributed by atoms with Crippen LogP contribution in [0, 0.1) is 0 Å². The quantitative estimate of drug-likeness (QED) is 0.419. The molecule has 0 fully saturated rings. The number of ether oxygens (including phenoxy) is 3. The normalized spacial score (nSPS) is 12.9. The summed E-state index contributed by atoms with van der Waals surface area (Å²) in [5.74, 6) is -0.335. The van der Waals surface area contributed by atoms with E-state index in [9.17, 15) is 14.4 Å². The molecule has 2 N–H and O–H groups in total. The van der Waals surface area contributed by atoms with Gasteiger partial charge in [0.15, 0.2) is 0 Å². The monoisotopic (exact) mass is 509 g/mol. The Morgan fingerprint density at radius 1 is 1.03 bits per heavy atom. The van der Waals surface area contributed by atoms with Gasteiger partial charge in [-0.25, -0.2) is 9.59 Å². The molecule has 9 heteroatoms. The fraction of sp³-hybridized carbons (Fsp3) is 0.393. The van der Waals surface area contributed by atoms with Crippen LogP contribution in [-0.4, -0.2) is 59.8 Å². The maximum atomic E-state index is 13.7. The van der Waals surface area contributed by atoms with Crippen LogP contribution in [0.2, 0.25) is 0 Å². The predicted molar refractivity (Wildman–Crippen MR) is 140 cm³/mol. The van der Waals surface area contributed by atoms with Crippen LogP contribution in [0.3, 0.4) is 0 Å². The topological polar surface area (TPSA) is 110 Å². The maximum absolute atomic E-state index is 13.7. The van der Waals surface area contributed by atoms with Crippen LogP contribution in [0.5, 0.6) is 5.75 Å². The van der Waals surface area contributed by atoms with Crippen molar-refractivity contribution in [3.05, 3.63) is 65.9 Å². The van der Waals surface area contributed by atoms with E-state index in [-0.39, 0.29) is 13.0 Å². The maximum Gasteiger partial charge on any atom is 0.408 e. The van der Waals surface area contributed by atoms with Gasteiger partial charge in [-0.3, -0.25) is 4.79 Å². The van der Waals surface area contributed by atoms with Gasteiger partial charge >= 0.3 is 12.1 Å². The Bertz CT molecular complexity index is 1230. The molecular weight excluding hydrogens is 474 g/mol. The summed E-state index contributed by atoms with van der Waals surface area (Å²) < 4.78 is 15.7. The Kier molecular flexibility index (Phi) is 8.81. The van der Waals surface area contributed by atoms with Gasteiger partial charge in [0.05, 0.1) is 14.2 Å². The molecule has 3 aromatic rings. The second-order valence-corrected chi connectivity index (χ2v) is 9.78. The molecule has 0 radical (unpaired) electrons. The number of aromatic amines is 1. The molecule has 3 rings (SSSR count). The van der Waals surface area contributed by atoms with Gasteiger partial charge < -0.3 is 29.4 Å². The summed E-state index contributed by atoms with van der Waals surface area (Å²) in [5, 5.41) is 3.54. The number of nitrogens with zero attached hydrogens (tertiary/aromatic N) is 1. The Morgan fingerprint density at radius 3 is 2.32 bits per heavy atom. The lowest BCUT2D eigenvalue weighted by Gasteiger charge is -2.32. The molecule has 2 atom stereocenters. The highest BCUT2D eigenvalue weighted by atomic mass is 16.6. The van der Waals surface area contributed by atoms with E-state index in [1.54, 1.807) is 46.9 Å². The molecule has 2 aromatic carbocycles. The molecular formula is C28H35N3O6. The summed E-state index contributed by atoms with van der Waals surface area (Å²) in [6.07, 6.45) is 1.33. The van der Waals surface area contributed by atoms with E-state index in [0.717, 1.165) is 22.0 Å². The molecule has 0 unspecified atom stereocenters. The molecule has 2 amide bonds. The average Bonchev–Trinajstić information content (AvgIpc) is 3.27. The third kappa shape index (κ3) is 7.25. The van der Waals surface area contributed by atoms with Gasteiger partial charge in [-0.05, 0) is 57.0 Å². The zero-order chi connectivity index (χ0) is 27.2. The highest BCUT2D eigenvalue weighted by Gasteiger charge is 2.35. The lowest BCUT2D eigenvalue weighted by atomic mass is 10.0. The van der Waals surface area contributed by atoms with Crippen molar-refractivity contribution in [2.75, 3.05) is 14.2 Å². The number of carbonyl (C=O) groups excluding carboxylic acids is 3. The minimum Gasteiger partial charge on any atom is -0.497 e. The SMILES string of the molecule is COC(=O)[C@H](Cc1c[nH]c2ccccc12)N(Cc1ccc(OC)cc1)C(=O)[C@H](C)NC(=O)OC(C)(C)C. The van der Waals surface area contributed by atoms with Crippen LogP contribution in [0.4, 0.5) is 4.79 Å². The molecule has 0 saturated carbocycles. The molecule has 1 aromatic heterocycles. The highest BCUT2D eigenvalue weighted by molar-refractivity contribution is 5.90. The van der Waals surface area contributed by atoms with E-state index in [1.807, 2.05) is 42.6 Å². The average molecular weight is 510 g/mol. The number of nitrogens with one attached hydrogen (secondary N) is 2. The van der Waals surface area contributed by atoms with Gasteiger partial charge in [-0.2, -0.15) is 0 Å². The summed E-state index contributed by atoms with van der Waals surface area (Å²) in [6, 6.07) is 13.1. The molecule has 1 heterocycles. The Labute approximate surface area is 217 Å². The number of alkyl carbamates (subject to hydrolysis) is 1. The molecule has 0 spiro atoms. The van der Waals surface area contributed by atoms with Crippen molar-refractivity contribution < 1.29 is 28.6 Å². The minimum absolute atomic E-state index is 0.116. The van der Waals surface area contributed by atoms with Crippen molar-refractivity contribution in [2.24, 2.45) is 0 Å². The van der Waals surface area contributed by atoms with Crippen LogP contribution in [0.15, 0.2) is 54.7 Å². The molecule has 37 heavy (non-hydrogen) atoms. The first-order chi connectivity index (χ1) is 17.5. The standard InChI is InChI=1S/C28H35N3O6/c1-18(30-27(34)37-28(2,3)4)25(32)31(17-19-11-13-21(35-5)14-12-19)24(26(33)36-6)15-20-16-29-23-10-8-7-9-22(20)23/h7-14,16,18,24,29H,15,17H2,1-6H3,(H,30,34)/t18-,24-/m0/s1. The van der Waals surface area contributed by atoms with E-state index in [0.29, 0.717) is 5.75 Å². The third-order valence-corrected chi connectivity index (χ3v) is 5.84. The number of rotatable bonds is 9. The van der Waals surface area contributed by atoms with Crippen molar-refractivity contribution in [2.45, 2.75) is 58.3 Å². The highest BCUT2D eigenvalue weighted by Crippen LogP contribution is 2.23. The van der Waals surface area contributed by atoms with Crippen LogP contribution in [0.25, 0.3) is 10.9 Å². The Balaban J connectivity index is 1.95. The summed E-state index contributed by atoms with van der Waals surface area (Å²) >= 11 is 0. The zero-order valence-corrected chi connectivity index (χ0v) is 22.2. The number of fused-ring (bicyclic) bond motifs is 1. The largest absolute Gasteiger partial charge is 0.497 e. The van der Waals surface area contributed by atoms with Crippen LogP contribution in [-0.2, 0) is 32.0 Å². The number of esters is 1. The molecule has 0 aliphatic rings. The summed E-state index contributed by atoms with van der Waals surface area (Å²) in [7, 11) is 2.87. The van der Waals surface area contributed by atoms with Crippen molar-refractivity contribution >= 4 is 28.9 Å². The van der Waals surface area contributed by atoms with Gasteiger partial charge in [0.1, 0.15) is 23.4 Å². The van der Waals surface area contributed by atoms with Gasteiger partial charge in [-0.15, -0.1) is 0 Å². The number of aromatic nitrogens is 1. The van der Waals surface area contributed by atoms with Gasteiger partial charge in [0, 0.05) is 30.1 Å². The molecule has 0 bridgehead atoms. The number of amides is 2. The van der Waals surface area contributed by atoms with E-state index >= 15 is 0 Å². The number of hydrogen-bond acceptors (Lipinski definition) is 6. The second kappa shape index (κ2) is 11.8. The Morgan fingerprint density at radius 2 is 1.70 bits per heavy atom. The van der Waals surface area contributed by atoms with Crippen molar-refractivity contribution in [1.29, 1.82) is 0 Å². The number of methoxy groups -OCH3 is 2. The first-order valence-electron chi connectivity index (χ1n) is 12.1. The van der Waals surface area contributed by atoms with Gasteiger partial charge in [-0.1, -0.05) is 30.3 Å². The molecule has 198 valence electrons. The van der Waals surface area contributed by atoms with Crippen LogP contribution < -0.4 is 10.1 Å². The van der Waals surface area contributed by atoms with Crippen molar-refractivity contribution in [3.8, 4) is 5.75 Å². The smallest absolute Gasteiger partial charge is 0.408 e. The summed E-state index contributed by atoms with van der Waals surface area (Å²) in [4.78, 5) is 43.9. The van der Waals surface area contributed by atoms with E-state index in [1.165, 1.54) is 12.0 Å². The fourth-order valence-corrected chi connectivity index (χ4v) is 4.03. The van der Waals surface area contributed by atoms with E-state index in [4.69, 9.17) is 14.2 Å². The number of carbonyl (C=O) groups is 3. The van der Waals surface area contributed by atoms with Gasteiger partial charge in [0.2, 0.25) is 5.91 Å². The van der Waals surface area contributed by atoms with Crippen LogP contribution >= 0.6 is 0 Å². The second-order valence-electron chi connectivity index (χ2n) is 9.78. The fourth-order valence-electron chi connectivity index (χ4n) is 4.03. The first kappa shape index (κ1) is 27.6. The van der Waals surface area contributed by atoms with Gasteiger partial charge in [0.25, 0.3) is 0 Å². The number of benzene rings is 2. The molecule has 0 aliphatic heterocycles. The van der Waals surface area contributed by atoms with E-state index < -0.39 is 35.7 Å². The lowest BCUT2D eigenvalue weighted by Crippen LogP contribution is -2.54. The number of hydrogen-bond donors (Lipinski definition) is 2. The number of para-hydroxylation sites is 1. The van der Waals surface area contributed by atoms with Crippen molar-refractivity contribution in [1.82, 2.24) is 15.2 Å². The number of H-pyrrole nitrogens is 1. The Hall–Kier alpha value is -4.01. The van der Waals surface area contributed by atoms with Crippen molar-refractivity contribution in [3.63, 3.8) is 0 Å². The minimum atomic E-state index is -0.955. The van der Waals surface area contributed by atoms with E-state index in [2.05, 4.69) is 10.3 Å². The first-order valence-corrected chi connectivity index (χ1v) is 12.1. The molecule has 0 saturated heterocycles. The molecule has 0 aliphatic carbocycles. The molecule has 9 nitrogen and oxygen atoms in total.